The number of nitrogens with zero attached hydrogens (tertiary/aromatic N) is 6. The van der Waals surface area contributed by atoms with Crippen molar-refractivity contribution in [1.82, 2.24) is 24.2 Å². The fourth-order valence-electron chi connectivity index (χ4n) is 5.03. The smallest absolute Gasteiger partial charge is 0.275 e. The van der Waals surface area contributed by atoms with Crippen LogP contribution in [0.2, 0.25) is 0 Å². The van der Waals surface area contributed by atoms with E-state index in [1.807, 2.05) is 52.6 Å². The van der Waals surface area contributed by atoms with Crippen LogP contribution in [0.3, 0.4) is 0 Å². The molecule has 3 heterocycles. The molecule has 1 fully saturated rings. The van der Waals surface area contributed by atoms with Gasteiger partial charge in [0, 0.05) is 26.8 Å². The first-order chi connectivity index (χ1) is 17.4. The highest BCUT2D eigenvalue weighted by Crippen LogP contribution is 2.32. The zero-order valence-electron chi connectivity index (χ0n) is 20.9. The highest BCUT2D eigenvalue weighted by atomic mass is 19.1. The van der Waals surface area contributed by atoms with Gasteiger partial charge >= 0.3 is 0 Å². The second kappa shape index (κ2) is 10.1. The molecule has 0 atom stereocenters. The quantitative estimate of drug-likeness (QED) is 0.406. The van der Waals surface area contributed by atoms with E-state index >= 15 is 0 Å². The average Bonchev–Trinajstić information content (AvgIpc) is 3.15. The standard InChI is InChI=1S/C28H31FN6O/c1-32-17-14-23(15-18-32)35-27(36)25(21-9-11-22(29)12-10-21)26(34(35)3)24-13-16-30-28(31-24)33(2)19-20-7-5-4-6-8-20/h4-13,16,23H,14-15,17-19H2,1-3H3. The maximum Gasteiger partial charge on any atom is 0.275 e. The number of halogens is 1. The molecule has 1 aliphatic rings. The Morgan fingerprint density at radius 1 is 1.00 bits per heavy atom. The lowest BCUT2D eigenvalue weighted by atomic mass is 10.0. The van der Waals surface area contributed by atoms with E-state index in [1.165, 1.54) is 12.1 Å². The molecule has 0 bridgehead atoms. The SMILES string of the molecule is CN1CCC(n2c(=O)c(-c3ccc(F)cc3)c(-c3ccnc(N(C)Cc4ccccc4)n3)n2C)CC1. The maximum atomic E-state index is 13.9. The predicted octanol–water partition coefficient (Wildman–Crippen LogP) is 4.35. The second-order valence-corrected chi connectivity index (χ2v) is 9.52. The van der Waals surface area contributed by atoms with Gasteiger partial charge in [-0.1, -0.05) is 42.5 Å². The summed E-state index contributed by atoms with van der Waals surface area (Å²) in [6.45, 7) is 2.53. The molecule has 2 aromatic heterocycles. The monoisotopic (exact) mass is 486 g/mol. The highest BCUT2D eigenvalue weighted by molar-refractivity contribution is 5.79. The van der Waals surface area contributed by atoms with E-state index in [0.29, 0.717) is 35.0 Å². The van der Waals surface area contributed by atoms with Crippen LogP contribution >= 0.6 is 0 Å². The number of aromatic nitrogens is 4. The minimum absolute atomic E-state index is 0.0773. The second-order valence-electron chi connectivity index (χ2n) is 9.52. The fourth-order valence-corrected chi connectivity index (χ4v) is 5.03. The molecule has 36 heavy (non-hydrogen) atoms. The first-order valence-corrected chi connectivity index (χ1v) is 12.3. The summed E-state index contributed by atoms with van der Waals surface area (Å²) in [7, 11) is 5.97. The summed E-state index contributed by atoms with van der Waals surface area (Å²) in [5.41, 5.74) is 3.66. The maximum absolute atomic E-state index is 13.9. The molecule has 0 spiro atoms. The number of hydrogen-bond acceptors (Lipinski definition) is 5. The number of rotatable bonds is 6. The Balaban J connectivity index is 1.60. The number of hydrogen-bond donors (Lipinski definition) is 0. The van der Waals surface area contributed by atoms with Crippen LogP contribution in [-0.4, -0.2) is 51.4 Å². The van der Waals surface area contributed by atoms with Gasteiger partial charge in [0.25, 0.3) is 5.56 Å². The van der Waals surface area contributed by atoms with Crippen molar-refractivity contribution in [3.8, 4) is 22.5 Å². The molecule has 0 radical (unpaired) electrons. The fraction of sp³-hybridized carbons (Fsp3) is 0.321. The molecule has 0 unspecified atom stereocenters. The van der Waals surface area contributed by atoms with E-state index in [4.69, 9.17) is 4.98 Å². The number of anilines is 1. The summed E-state index contributed by atoms with van der Waals surface area (Å²) in [5.74, 6) is 0.236. The van der Waals surface area contributed by atoms with Crippen molar-refractivity contribution < 1.29 is 4.39 Å². The van der Waals surface area contributed by atoms with Crippen LogP contribution in [-0.2, 0) is 13.6 Å². The highest BCUT2D eigenvalue weighted by Gasteiger charge is 2.28. The van der Waals surface area contributed by atoms with Gasteiger partial charge in [0.1, 0.15) is 5.82 Å². The van der Waals surface area contributed by atoms with E-state index in [9.17, 15) is 9.18 Å². The third-order valence-corrected chi connectivity index (χ3v) is 6.96. The van der Waals surface area contributed by atoms with Crippen molar-refractivity contribution >= 4 is 5.95 Å². The third-order valence-electron chi connectivity index (χ3n) is 6.96. The lowest BCUT2D eigenvalue weighted by Gasteiger charge is -2.30. The first-order valence-electron chi connectivity index (χ1n) is 12.3. The van der Waals surface area contributed by atoms with Crippen molar-refractivity contribution in [2.45, 2.75) is 25.4 Å². The summed E-state index contributed by atoms with van der Waals surface area (Å²) < 4.78 is 17.5. The van der Waals surface area contributed by atoms with Gasteiger partial charge in [-0.3, -0.25) is 9.48 Å². The molecule has 1 aliphatic heterocycles. The zero-order chi connectivity index (χ0) is 25.2. The molecule has 0 N–H and O–H groups in total. The van der Waals surface area contributed by atoms with E-state index < -0.39 is 0 Å². The molecular formula is C28H31FN6O. The Morgan fingerprint density at radius 3 is 2.39 bits per heavy atom. The largest absolute Gasteiger partial charge is 0.340 e. The molecule has 7 nitrogen and oxygen atoms in total. The molecule has 8 heteroatoms. The van der Waals surface area contributed by atoms with Crippen LogP contribution in [0.5, 0.6) is 0 Å². The summed E-state index contributed by atoms with van der Waals surface area (Å²) >= 11 is 0. The van der Waals surface area contributed by atoms with Gasteiger partial charge in [0.2, 0.25) is 5.95 Å². The Kier molecular flexibility index (Phi) is 6.69. The number of piperidine rings is 1. The van der Waals surface area contributed by atoms with E-state index in [1.54, 1.807) is 18.3 Å². The Bertz CT molecular complexity index is 1390. The zero-order valence-corrected chi connectivity index (χ0v) is 20.9. The molecule has 0 saturated carbocycles. The van der Waals surface area contributed by atoms with Crippen molar-refractivity contribution in [3.63, 3.8) is 0 Å². The van der Waals surface area contributed by atoms with Crippen molar-refractivity contribution in [2.75, 3.05) is 32.1 Å². The third kappa shape index (κ3) is 4.68. The molecule has 5 rings (SSSR count). The van der Waals surface area contributed by atoms with E-state index in [-0.39, 0.29) is 17.4 Å². The van der Waals surface area contributed by atoms with Gasteiger partial charge in [-0.15, -0.1) is 0 Å². The van der Waals surface area contributed by atoms with Crippen molar-refractivity contribution in [1.29, 1.82) is 0 Å². The Morgan fingerprint density at radius 2 is 1.69 bits per heavy atom. The summed E-state index contributed by atoms with van der Waals surface area (Å²) in [6.07, 6.45) is 3.52. The summed E-state index contributed by atoms with van der Waals surface area (Å²) in [4.78, 5) is 27.5. The normalized spacial score (nSPS) is 14.8. The van der Waals surface area contributed by atoms with Crippen molar-refractivity contribution in [3.05, 3.63) is 88.6 Å². The average molecular weight is 487 g/mol. The van der Waals surface area contributed by atoms with Gasteiger partial charge in [-0.2, -0.15) is 0 Å². The van der Waals surface area contributed by atoms with Crippen LogP contribution in [0.25, 0.3) is 22.5 Å². The number of benzene rings is 2. The summed E-state index contributed by atoms with van der Waals surface area (Å²) in [5, 5.41) is 0. The van der Waals surface area contributed by atoms with Crippen LogP contribution < -0.4 is 10.5 Å². The first kappa shape index (κ1) is 23.9. The molecule has 4 aromatic rings. The molecule has 0 aliphatic carbocycles. The van der Waals surface area contributed by atoms with Crippen molar-refractivity contribution in [2.24, 2.45) is 7.05 Å². The minimum atomic E-state index is -0.335. The van der Waals surface area contributed by atoms with E-state index in [2.05, 4.69) is 29.1 Å². The van der Waals surface area contributed by atoms with Gasteiger partial charge in [-0.05, 0) is 62.3 Å². The lowest BCUT2D eigenvalue weighted by Crippen LogP contribution is -2.36. The van der Waals surface area contributed by atoms with Crippen LogP contribution in [0.1, 0.15) is 24.4 Å². The Hall–Kier alpha value is -3.78. The molecule has 186 valence electrons. The number of likely N-dealkylation sites (tertiary alicyclic amines) is 1. The minimum Gasteiger partial charge on any atom is -0.340 e. The van der Waals surface area contributed by atoms with E-state index in [0.717, 1.165) is 31.5 Å². The van der Waals surface area contributed by atoms with Gasteiger partial charge < -0.3 is 9.80 Å². The van der Waals surface area contributed by atoms with Crippen LogP contribution in [0, 0.1) is 5.82 Å². The van der Waals surface area contributed by atoms with Gasteiger partial charge in [0.05, 0.1) is 23.0 Å². The Labute approximate surface area is 210 Å². The topological polar surface area (TPSA) is 59.2 Å². The van der Waals surface area contributed by atoms with Gasteiger partial charge in [0.15, 0.2) is 0 Å². The van der Waals surface area contributed by atoms with Crippen LogP contribution in [0.4, 0.5) is 10.3 Å². The molecule has 1 saturated heterocycles. The molecular weight excluding hydrogens is 455 g/mol. The van der Waals surface area contributed by atoms with Crippen LogP contribution in [0.15, 0.2) is 71.7 Å². The molecule has 0 amide bonds. The summed E-state index contributed by atoms with van der Waals surface area (Å²) in [6, 6.07) is 18.2. The van der Waals surface area contributed by atoms with Gasteiger partial charge in [-0.25, -0.2) is 19.0 Å². The molecule has 2 aromatic carbocycles. The lowest BCUT2D eigenvalue weighted by molar-refractivity contribution is 0.200. The predicted molar refractivity (Wildman–Crippen MR) is 140 cm³/mol.